The first-order valence-corrected chi connectivity index (χ1v) is 8.88. The lowest BCUT2D eigenvalue weighted by Gasteiger charge is -2.43. The number of hydrogen-bond donors (Lipinski definition) is 0. The van der Waals surface area contributed by atoms with Crippen molar-refractivity contribution in [2.45, 2.75) is 44.9 Å². The molecule has 2 aliphatic rings. The van der Waals surface area contributed by atoms with E-state index in [0.29, 0.717) is 12.1 Å². The summed E-state index contributed by atoms with van der Waals surface area (Å²) < 4.78 is 5.64. The van der Waals surface area contributed by atoms with Crippen LogP contribution in [-0.2, 0) is 4.74 Å². The van der Waals surface area contributed by atoms with Crippen molar-refractivity contribution in [1.29, 1.82) is 0 Å². The maximum atomic E-state index is 11.0. The quantitative estimate of drug-likeness (QED) is 0.626. The third kappa shape index (κ3) is 3.94. The highest BCUT2D eigenvalue weighted by molar-refractivity contribution is 5.35. The first kappa shape index (κ1) is 17.3. The molecule has 24 heavy (non-hydrogen) atoms. The van der Waals surface area contributed by atoms with Gasteiger partial charge in [-0.15, -0.1) is 0 Å². The number of nitro benzene ring substituents is 1. The predicted molar refractivity (Wildman–Crippen MR) is 93.1 cm³/mol. The van der Waals surface area contributed by atoms with Gasteiger partial charge in [0.25, 0.3) is 5.69 Å². The summed E-state index contributed by atoms with van der Waals surface area (Å²) in [6.45, 7) is 9.29. The number of hydrogen-bond acceptors (Lipinski definition) is 5. The average molecular weight is 333 g/mol. The molecule has 0 bridgehead atoms. The monoisotopic (exact) mass is 333 g/mol. The predicted octanol–water partition coefficient (Wildman–Crippen LogP) is 2.84. The number of non-ortho nitro benzene ring substituents is 1. The molecule has 6 heteroatoms. The number of morpholine rings is 1. The molecule has 0 amide bonds. The lowest BCUT2D eigenvalue weighted by atomic mass is 9.98. The molecule has 2 fully saturated rings. The van der Waals surface area contributed by atoms with Gasteiger partial charge in [0.15, 0.2) is 0 Å². The molecule has 2 heterocycles. The van der Waals surface area contributed by atoms with Crippen molar-refractivity contribution in [1.82, 2.24) is 9.80 Å². The average Bonchev–Trinajstić information content (AvgIpc) is 2.61. The minimum atomic E-state index is -0.317. The van der Waals surface area contributed by atoms with E-state index in [1.807, 2.05) is 6.07 Å². The second-order valence-corrected chi connectivity index (χ2v) is 6.97. The molecular formula is C18H27N3O3. The van der Waals surface area contributed by atoms with Crippen molar-refractivity contribution >= 4 is 5.69 Å². The molecule has 1 aromatic rings. The van der Waals surface area contributed by atoms with E-state index < -0.39 is 0 Å². The highest BCUT2D eigenvalue weighted by atomic mass is 16.6. The highest BCUT2D eigenvalue weighted by Gasteiger charge is 2.29. The van der Waals surface area contributed by atoms with Crippen molar-refractivity contribution < 1.29 is 9.66 Å². The van der Waals surface area contributed by atoms with Gasteiger partial charge in [0, 0.05) is 50.4 Å². The molecule has 0 unspecified atom stereocenters. The first-order valence-electron chi connectivity index (χ1n) is 8.88. The second-order valence-electron chi connectivity index (χ2n) is 6.97. The molecule has 2 saturated heterocycles. The zero-order valence-electron chi connectivity index (χ0n) is 14.6. The van der Waals surface area contributed by atoms with Gasteiger partial charge in [0.2, 0.25) is 0 Å². The van der Waals surface area contributed by atoms with Gasteiger partial charge in [-0.1, -0.05) is 12.1 Å². The SMILES string of the molecule is C[C@@H]1CN(C2CCN([C@H](C)c3cccc([N+](=O)[O-])c3)CC2)CCO1. The minimum absolute atomic E-state index is 0.177. The van der Waals surface area contributed by atoms with Gasteiger partial charge in [0.05, 0.1) is 17.6 Å². The maximum absolute atomic E-state index is 11.0. The molecule has 2 aliphatic heterocycles. The van der Waals surface area contributed by atoms with Gasteiger partial charge in [-0.2, -0.15) is 0 Å². The Labute approximate surface area is 143 Å². The van der Waals surface area contributed by atoms with Gasteiger partial charge >= 0.3 is 0 Å². The summed E-state index contributed by atoms with van der Waals surface area (Å²) in [6, 6.07) is 7.90. The van der Waals surface area contributed by atoms with Gasteiger partial charge in [-0.25, -0.2) is 0 Å². The van der Waals surface area contributed by atoms with Crippen LogP contribution in [-0.4, -0.2) is 59.7 Å². The molecule has 1 aromatic carbocycles. The number of piperidine rings is 1. The van der Waals surface area contributed by atoms with E-state index in [-0.39, 0.29) is 16.7 Å². The highest BCUT2D eigenvalue weighted by Crippen LogP contribution is 2.28. The Morgan fingerprint density at radius 1 is 1.29 bits per heavy atom. The number of ether oxygens (including phenoxy) is 1. The molecule has 3 rings (SSSR count). The molecule has 2 atom stereocenters. The largest absolute Gasteiger partial charge is 0.376 e. The molecule has 6 nitrogen and oxygen atoms in total. The lowest BCUT2D eigenvalue weighted by Crippen LogP contribution is -2.51. The Morgan fingerprint density at radius 2 is 2.04 bits per heavy atom. The van der Waals surface area contributed by atoms with Crippen LogP contribution in [0.3, 0.4) is 0 Å². The summed E-state index contributed by atoms with van der Waals surface area (Å²) in [5.74, 6) is 0. The van der Waals surface area contributed by atoms with Crippen molar-refractivity contribution in [3.05, 3.63) is 39.9 Å². The molecule has 0 aliphatic carbocycles. The molecule has 0 spiro atoms. The van der Waals surface area contributed by atoms with Gasteiger partial charge in [0.1, 0.15) is 0 Å². The van der Waals surface area contributed by atoms with Gasteiger partial charge in [-0.05, 0) is 32.3 Å². The molecule has 0 aromatic heterocycles. The Bertz CT molecular complexity index is 572. The summed E-state index contributed by atoms with van der Waals surface area (Å²) in [7, 11) is 0. The second kappa shape index (κ2) is 7.59. The van der Waals surface area contributed by atoms with Crippen LogP contribution in [0.1, 0.15) is 38.3 Å². The van der Waals surface area contributed by atoms with E-state index in [9.17, 15) is 10.1 Å². The minimum Gasteiger partial charge on any atom is -0.376 e. The van der Waals surface area contributed by atoms with Crippen molar-refractivity contribution in [2.75, 3.05) is 32.8 Å². The van der Waals surface area contributed by atoms with Crippen LogP contribution >= 0.6 is 0 Å². The zero-order chi connectivity index (χ0) is 17.1. The van der Waals surface area contributed by atoms with Crippen LogP contribution in [0.2, 0.25) is 0 Å². The summed E-state index contributed by atoms with van der Waals surface area (Å²) in [5.41, 5.74) is 1.21. The van der Waals surface area contributed by atoms with Crippen LogP contribution < -0.4 is 0 Å². The van der Waals surface area contributed by atoms with E-state index in [1.165, 1.54) is 0 Å². The maximum Gasteiger partial charge on any atom is 0.269 e. The standard InChI is InChI=1S/C18H27N3O3/c1-14-13-20(10-11-24-14)17-6-8-19(9-7-17)15(2)16-4-3-5-18(12-16)21(22)23/h3-5,12,14-15,17H,6-11,13H2,1-2H3/t14-,15-/m1/s1. The Balaban J connectivity index is 1.58. The number of likely N-dealkylation sites (tertiary alicyclic amines) is 1. The first-order chi connectivity index (χ1) is 11.5. The Hall–Kier alpha value is -1.50. The summed E-state index contributed by atoms with van der Waals surface area (Å²) >= 11 is 0. The van der Waals surface area contributed by atoms with Crippen molar-refractivity contribution in [2.24, 2.45) is 0 Å². The van der Waals surface area contributed by atoms with Gasteiger partial charge < -0.3 is 4.74 Å². The molecule has 0 N–H and O–H groups in total. The number of nitrogens with zero attached hydrogens (tertiary/aromatic N) is 3. The van der Waals surface area contributed by atoms with Crippen molar-refractivity contribution in [3.8, 4) is 0 Å². The Kier molecular flexibility index (Phi) is 5.48. The third-order valence-corrected chi connectivity index (χ3v) is 5.40. The van der Waals surface area contributed by atoms with Crippen LogP contribution in [0.5, 0.6) is 0 Å². The smallest absolute Gasteiger partial charge is 0.269 e. The van der Waals surface area contributed by atoms with E-state index in [2.05, 4.69) is 23.6 Å². The molecular weight excluding hydrogens is 306 g/mol. The van der Waals surface area contributed by atoms with Crippen molar-refractivity contribution in [3.63, 3.8) is 0 Å². The normalized spacial score (nSPS) is 25.5. The fourth-order valence-corrected chi connectivity index (χ4v) is 3.92. The summed E-state index contributed by atoms with van der Waals surface area (Å²) in [5, 5.41) is 11.0. The summed E-state index contributed by atoms with van der Waals surface area (Å²) in [4.78, 5) is 15.7. The Morgan fingerprint density at radius 3 is 2.71 bits per heavy atom. The molecule has 0 radical (unpaired) electrons. The van der Waals surface area contributed by atoms with Gasteiger partial charge in [-0.3, -0.25) is 19.9 Å². The zero-order valence-corrected chi connectivity index (χ0v) is 14.6. The number of rotatable bonds is 4. The van der Waals surface area contributed by atoms with Crippen LogP contribution in [0.15, 0.2) is 24.3 Å². The van der Waals surface area contributed by atoms with Crippen LogP contribution in [0.25, 0.3) is 0 Å². The fraction of sp³-hybridized carbons (Fsp3) is 0.667. The van der Waals surface area contributed by atoms with Crippen LogP contribution in [0, 0.1) is 10.1 Å². The third-order valence-electron chi connectivity index (χ3n) is 5.40. The summed E-state index contributed by atoms with van der Waals surface area (Å²) in [6.07, 6.45) is 2.65. The van der Waals surface area contributed by atoms with E-state index >= 15 is 0 Å². The van der Waals surface area contributed by atoms with E-state index in [4.69, 9.17) is 4.74 Å². The topological polar surface area (TPSA) is 58.9 Å². The fourth-order valence-electron chi connectivity index (χ4n) is 3.92. The number of nitro groups is 1. The lowest BCUT2D eigenvalue weighted by molar-refractivity contribution is -0.385. The molecule has 0 saturated carbocycles. The van der Waals surface area contributed by atoms with E-state index in [0.717, 1.165) is 51.2 Å². The molecule has 132 valence electrons. The van der Waals surface area contributed by atoms with E-state index in [1.54, 1.807) is 18.2 Å². The number of benzene rings is 1. The van der Waals surface area contributed by atoms with Crippen LogP contribution in [0.4, 0.5) is 5.69 Å².